The zero-order chi connectivity index (χ0) is 8.10. The van der Waals surface area contributed by atoms with E-state index in [2.05, 4.69) is 23.9 Å². The van der Waals surface area contributed by atoms with Gasteiger partial charge >= 0.3 is 0 Å². The molecule has 1 fully saturated rings. The highest BCUT2D eigenvalue weighted by Crippen LogP contribution is 2.02. The first kappa shape index (κ1) is 9.01. The maximum atomic E-state index is 2.43. The van der Waals surface area contributed by atoms with Crippen LogP contribution >= 0.6 is 0 Å². The van der Waals surface area contributed by atoms with Gasteiger partial charge in [0.15, 0.2) is 0 Å². The van der Waals surface area contributed by atoms with E-state index in [-0.39, 0.29) is 0 Å². The molecule has 0 amide bonds. The van der Waals surface area contributed by atoms with Gasteiger partial charge in [-0.05, 0) is 40.0 Å². The van der Waals surface area contributed by atoms with E-state index in [1.54, 1.807) is 0 Å². The second kappa shape index (κ2) is 4.73. The van der Waals surface area contributed by atoms with E-state index in [9.17, 15) is 0 Å². The van der Waals surface area contributed by atoms with Gasteiger partial charge in [-0.3, -0.25) is 0 Å². The van der Waals surface area contributed by atoms with Crippen LogP contribution in [0.1, 0.15) is 19.3 Å². The highest BCUT2D eigenvalue weighted by atomic mass is 15.2. The highest BCUT2D eigenvalue weighted by Gasteiger charge is 2.04. The Labute approximate surface area is 70.2 Å². The molecular formula is C9H20N2. The zero-order valence-electron chi connectivity index (χ0n) is 7.84. The quantitative estimate of drug-likeness (QED) is 0.517. The molecule has 0 unspecified atom stereocenters. The van der Waals surface area contributed by atoms with Gasteiger partial charge in [-0.2, -0.15) is 0 Å². The topological polar surface area (TPSA) is 6.48 Å². The molecule has 0 aromatic heterocycles. The molecule has 1 rings (SSSR count). The van der Waals surface area contributed by atoms with Crippen LogP contribution in [-0.2, 0) is 0 Å². The van der Waals surface area contributed by atoms with Crippen molar-refractivity contribution in [1.29, 1.82) is 0 Å². The lowest BCUT2D eigenvalue weighted by atomic mass is 10.2. The van der Waals surface area contributed by atoms with Crippen LogP contribution in [0.25, 0.3) is 0 Å². The molecule has 0 saturated carbocycles. The Morgan fingerprint density at radius 2 is 1.09 bits per heavy atom. The summed E-state index contributed by atoms with van der Waals surface area (Å²) in [5, 5.41) is 0. The van der Waals surface area contributed by atoms with Gasteiger partial charge in [0.05, 0.1) is 0 Å². The predicted octanol–water partition coefficient (Wildman–Crippen LogP) is 1.03. The number of hydrogen-bond donors (Lipinski definition) is 0. The van der Waals surface area contributed by atoms with Crippen LogP contribution in [0.4, 0.5) is 0 Å². The Bertz CT molecular complexity index is 91.7. The summed E-state index contributed by atoms with van der Waals surface area (Å²) in [4.78, 5) is 4.86. The smallest absolute Gasteiger partial charge is 0.0106 e. The Morgan fingerprint density at radius 3 is 1.55 bits per heavy atom. The third-order valence-corrected chi connectivity index (χ3v) is 2.44. The molecule has 0 bridgehead atoms. The third kappa shape index (κ3) is 3.73. The van der Waals surface area contributed by atoms with Crippen LogP contribution in [0.15, 0.2) is 0 Å². The Balaban J connectivity index is 2.25. The summed E-state index contributed by atoms with van der Waals surface area (Å²) < 4.78 is 0. The first-order valence-electron chi connectivity index (χ1n) is 4.66. The van der Waals surface area contributed by atoms with Crippen molar-refractivity contribution >= 4 is 0 Å². The van der Waals surface area contributed by atoms with Crippen molar-refractivity contribution < 1.29 is 0 Å². The van der Waals surface area contributed by atoms with Crippen molar-refractivity contribution in [2.24, 2.45) is 0 Å². The van der Waals surface area contributed by atoms with Crippen molar-refractivity contribution in [3.8, 4) is 0 Å². The SMILES string of the molecule is CN1CCCCCN(C)CC1. The molecule has 66 valence electrons. The lowest BCUT2D eigenvalue weighted by molar-refractivity contribution is 0.271. The Hall–Kier alpha value is -0.0800. The molecule has 2 heteroatoms. The number of nitrogens with zero attached hydrogens (tertiary/aromatic N) is 2. The van der Waals surface area contributed by atoms with Gasteiger partial charge in [0.2, 0.25) is 0 Å². The molecule has 0 N–H and O–H groups in total. The number of hydrogen-bond acceptors (Lipinski definition) is 2. The summed E-state index contributed by atoms with van der Waals surface area (Å²) in [6, 6.07) is 0. The van der Waals surface area contributed by atoms with Crippen LogP contribution in [0, 0.1) is 0 Å². The largest absolute Gasteiger partial charge is 0.305 e. The van der Waals surface area contributed by atoms with Gasteiger partial charge in [0.25, 0.3) is 0 Å². The van der Waals surface area contributed by atoms with Crippen LogP contribution in [0.5, 0.6) is 0 Å². The minimum Gasteiger partial charge on any atom is -0.305 e. The average Bonchev–Trinajstić information content (AvgIpc) is 2.06. The first-order chi connectivity index (χ1) is 5.29. The van der Waals surface area contributed by atoms with Gasteiger partial charge < -0.3 is 9.80 Å². The van der Waals surface area contributed by atoms with Crippen LogP contribution < -0.4 is 0 Å². The summed E-state index contributed by atoms with van der Waals surface area (Å²) in [5.41, 5.74) is 0. The fourth-order valence-corrected chi connectivity index (χ4v) is 1.51. The monoisotopic (exact) mass is 156 g/mol. The molecule has 1 aliphatic rings. The lowest BCUT2D eigenvalue weighted by Crippen LogP contribution is -2.30. The summed E-state index contributed by atoms with van der Waals surface area (Å²) in [6.07, 6.45) is 4.16. The van der Waals surface area contributed by atoms with Crippen LogP contribution in [-0.4, -0.2) is 50.1 Å². The van der Waals surface area contributed by atoms with E-state index < -0.39 is 0 Å². The molecule has 1 heterocycles. The van der Waals surface area contributed by atoms with E-state index in [1.807, 2.05) is 0 Å². The second-order valence-electron chi connectivity index (χ2n) is 3.67. The normalized spacial score (nSPS) is 25.6. The maximum Gasteiger partial charge on any atom is 0.0106 e. The molecule has 0 aliphatic carbocycles. The van der Waals surface area contributed by atoms with Crippen molar-refractivity contribution in [2.75, 3.05) is 40.3 Å². The van der Waals surface area contributed by atoms with E-state index in [4.69, 9.17) is 0 Å². The highest BCUT2D eigenvalue weighted by molar-refractivity contribution is 4.61. The molecule has 0 spiro atoms. The van der Waals surface area contributed by atoms with Crippen molar-refractivity contribution in [3.63, 3.8) is 0 Å². The lowest BCUT2D eigenvalue weighted by Gasteiger charge is -2.18. The standard InChI is InChI=1S/C9H20N2/c1-10-6-4-3-5-7-11(2)9-8-10/h3-9H2,1-2H3. The van der Waals surface area contributed by atoms with Crippen LogP contribution in [0.2, 0.25) is 0 Å². The van der Waals surface area contributed by atoms with Crippen LogP contribution in [0.3, 0.4) is 0 Å². The van der Waals surface area contributed by atoms with E-state index in [0.717, 1.165) is 0 Å². The maximum absolute atomic E-state index is 2.43. The van der Waals surface area contributed by atoms with Crippen molar-refractivity contribution in [3.05, 3.63) is 0 Å². The first-order valence-corrected chi connectivity index (χ1v) is 4.66. The number of rotatable bonds is 0. The predicted molar refractivity (Wildman–Crippen MR) is 48.8 cm³/mol. The van der Waals surface area contributed by atoms with E-state index in [1.165, 1.54) is 45.4 Å². The molecule has 11 heavy (non-hydrogen) atoms. The molecule has 0 radical (unpaired) electrons. The minimum atomic E-state index is 1.23. The number of likely N-dealkylation sites (N-methyl/N-ethyl adjacent to an activating group) is 2. The van der Waals surface area contributed by atoms with E-state index >= 15 is 0 Å². The van der Waals surface area contributed by atoms with Gasteiger partial charge in [-0.25, -0.2) is 0 Å². The average molecular weight is 156 g/mol. The molecule has 0 aromatic carbocycles. The van der Waals surface area contributed by atoms with Gasteiger partial charge in [0, 0.05) is 13.1 Å². The molecule has 1 saturated heterocycles. The molecule has 0 atom stereocenters. The summed E-state index contributed by atoms with van der Waals surface area (Å²) in [6.45, 7) is 5.04. The summed E-state index contributed by atoms with van der Waals surface area (Å²) in [5.74, 6) is 0. The minimum absolute atomic E-state index is 1.23. The molecule has 0 aromatic rings. The second-order valence-corrected chi connectivity index (χ2v) is 3.67. The van der Waals surface area contributed by atoms with Gasteiger partial charge in [0.1, 0.15) is 0 Å². The Morgan fingerprint density at radius 1 is 0.636 bits per heavy atom. The Kier molecular flexibility index (Phi) is 3.87. The van der Waals surface area contributed by atoms with Crippen molar-refractivity contribution in [1.82, 2.24) is 9.80 Å². The van der Waals surface area contributed by atoms with Gasteiger partial charge in [-0.1, -0.05) is 6.42 Å². The summed E-state index contributed by atoms with van der Waals surface area (Å²) >= 11 is 0. The fourth-order valence-electron chi connectivity index (χ4n) is 1.51. The molecule has 1 aliphatic heterocycles. The zero-order valence-corrected chi connectivity index (χ0v) is 7.84. The van der Waals surface area contributed by atoms with E-state index in [0.29, 0.717) is 0 Å². The van der Waals surface area contributed by atoms with Gasteiger partial charge in [-0.15, -0.1) is 0 Å². The molecular weight excluding hydrogens is 136 g/mol. The van der Waals surface area contributed by atoms with Crippen molar-refractivity contribution in [2.45, 2.75) is 19.3 Å². The fraction of sp³-hybridized carbons (Fsp3) is 1.00. The molecule has 2 nitrogen and oxygen atoms in total. The third-order valence-electron chi connectivity index (χ3n) is 2.44. The summed E-state index contributed by atoms with van der Waals surface area (Å²) in [7, 11) is 4.44.